The van der Waals surface area contributed by atoms with Gasteiger partial charge in [0.25, 0.3) is 0 Å². The fourth-order valence-electron chi connectivity index (χ4n) is 3.00. The number of nitrogens with one attached hydrogen (secondary N) is 1. The Balaban J connectivity index is 2.67. The summed E-state index contributed by atoms with van der Waals surface area (Å²) in [7, 11) is 0. The van der Waals surface area contributed by atoms with Crippen LogP contribution in [0.25, 0.3) is 0 Å². The van der Waals surface area contributed by atoms with Crippen molar-refractivity contribution in [3.05, 3.63) is 11.1 Å². The topological polar surface area (TPSA) is 62.3 Å². The number of nitrogens with zero attached hydrogens (tertiary/aromatic N) is 2. The molecule has 26 heavy (non-hydrogen) atoms. The molecule has 1 N–H and O–H groups in total. The van der Waals surface area contributed by atoms with Crippen molar-refractivity contribution in [2.75, 3.05) is 18.4 Å². The van der Waals surface area contributed by atoms with Crippen LogP contribution < -0.4 is 5.32 Å². The Morgan fingerprint density at radius 1 is 1.27 bits per heavy atom. The highest BCUT2D eigenvalue weighted by Crippen LogP contribution is 2.26. The number of anilines is 1. The molecule has 0 aromatic carbocycles. The Bertz CT molecular complexity index is 590. The first-order chi connectivity index (χ1) is 12.0. The average molecular weight is 382 g/mol. The van der Waals surface area contributed by atoms with E-state index in [0.29, 0.717) is 29.9 Å². The van der Waals surface area contributed by atoms with E-state index >= 15 is 0 Å². The number of hydrogen-bond donors (Lipinski definition) is 1. The molecule has 0 bridgehead atoms. The van der Waals surface area contributed by atoms with Crippen molar-refractivity contribution in [3.63, 3.8) is 0 Å². The Morgan fingerprint density at radius 2 is 1.92 bits per heavy atom. The summed E-state index contributed by atoms with van der Waals surface area (Å²) in [5.41, 5.74) is 0.197. The lowest BCUT2D eigenvalue weighted by molar-refractivity contribution is -0.135. The number of carbonyl (C=O) groups excluding carboxylic acids is 2. The van der Waals surface area contributed by atoms with Gasteiger partial charge in [-0.1, -0.05) is 41.5 Å². The SMILES string of the molecule is Cc1cnc(NC(=O)CN(CCC(C)C)C(=O)CC(C)CC(C)(C)C)s1. The number of hydrogen-bond acceptors (Lipinski definition) is 4. The number of carbonyl (C=O) groups is 2. The lowest BCUT2D eigenvalue weighted by atomic mass is 9.84. The highest BCUT2D eigenvalue weighted by molar-refractivity contribution is 7.15. The molecular weight excluding hydrogens is 346 g/mol. The molecule has 0 aliphatic rings. The zero-order valence-electron chi connectivity index (χ0n) is 17.4. The van der Waals surface area contributed by atoms with E-state index in [2.05, 4.69) is 51.8 Å². The maximum Gasteiger partial charge on any atom is 0.245 e. The van der Waals surface area contributed by atoms with Crippen LogP contribution >= 0.6 is 11.3 Å². The number of rotatable bonds is 9. The van der Waals surface area contributed by atoms with E-state index in [1.807, 2.05) is 6.92 Å². The first-order valence-electron chi connectivity index (χ1n) is 9.46. The van der Waals surface area contributed by atoms with E-state index in [0.717, 1.165) is 17.7 Å². The van der Waals surface area contributed by atoms with Gasteiger partial charge in [-0.25, -0.2) is 4.98 Å². The van der Waals surface area contributed by atoms with E-state index < -0.39 is 0 Å². The summed E-state index contributed by atoms with van der Waals surface area (Å²) >= 11 is 1.44. The van der Waals surface area contributed by atoms with Crippen LogP contribution in [0.3, 0.4) is 0 Å². The molecule has 1 aromatic heterocycles. The van der Waals surface area contributed by atoms with Gasteiger partial charge in [0.2, 0.25) is 11.8 Å². The lowest BCUT2D eigenvalue weighted by Gasteiger charge is -2.27. The van der Waals surface area contributed by atoms with Gasteiger partial charge in [0.05, 0.1) is 6.54 Å². The molecule has 1 rings (SSSR count). The van der Waals surface area contributed by atoms with Crippen LogP contribution in [-0.2, 0) is 9.59 Å². The predicted molar refractivity (Wildman–Crippen MR) is 109 cm³/mol. The molecule has 0 fully saturated rings. The molecule has 1 heterocycles. The molecule has 0 saturated carbocycles. The van der Waals surface area contributed by atoms with Gasteiger partial charge in [0.15, 0.2) is 5.13 Å². The van der Waals surface area contributed by atoms with Crippen LogP contribution in [0.1, 0.15) is 65.7 Å². The molecule has 1 aromatic rings. The molecule has 0 aliphatic heterocycles. The van der Waals surface area contributed by atoms with Crippen molar-refractivity contribution in [2.45, 2.75) is 67.7 Å². The third-order valence-electron chi connectivity index (χ3n) is 4.02. The summed E-state index contributed by atoms with van der Waals surface area (Å²) in [5.74, 6) is 0.670. The number of amides is 2. The van der Waals surface area contributed by atoms with Crippen LogP contribution in [0.2, 0.25) is 0 Å². The minimum atomic E-state index is -0.181. The van der Waals surface area contributed by atoms with Crippen molar-refractivity contribution < 1.29 is 9.59 Å². The lowest BCUT2D eigenvalue weighted by Crippen LogP contribution is -2.39. The second-order valence-electron chi connectivity index (χ2n) is 8.90. The first kappa shape index (κ1) is 22.6. The van der Waals surface area contributed by atoms with Gasteiger partial charge in [0, 0.05) is 24.0 Å². The molecule has 5 nitrogen and oxygen atoms in total. The normalized spacial score (nSPS) is 12.9. The smallest absolute Gasteiger partial charge is 0.245 e. The van der Waals surface area contributed by atoms with Crippen LogP contribution in [0.5, 0.6) is 0 Å². The molecule has 0 aliphatic carbocycles. The second kappa shape index (κ2) is 10.0. The summed E-state index contributed by atoms with van der Waals surface area (Å²) in [4.78, 5) is 32.0. The van der Waals surface area contributed by atoms with Gasteiger partial charge in [-0.2, -0.15) is 0 Å². The minimum absolute atomic E-state index is 0.0628. The predicted octanol–water partition coefficient (Wildman–Crippen LogP) is 4.73. The Kier molecular flexibility index (Phi) is 8.74. The number of aromatic nitrogens is 1. The second-order valence-corrected chi connectivity index (χ2v) is 10.1. The van der Waals surface area contributed by atoms with Gasteiger partial charge in [-0.15, -0.1) is 11.3 Å². The van der Waals surface area contributed by atoms with Gasteiger partial charge in [-0.3, -0.25) is 9.59 Å². The van der Waals surface area contributed by atoms with Gasteiger partial charge >= 0.3 is 0 Å². The number of aryl methyl sites for hydroxylation is 1. The largest absolute Gasteiger partial charge is 0.333 e. The van der Waals surface area contributed by atoms with Crippen molar-refractivity contribution >= 4 is 28.3 Å². The minimum Gasteiger partial charge on any atom is -0.333 e. The van der Waals surface area contributed by atoms with Crippen molar-refractivity contribution in [1.29, 1.82) is 0 Å². The summed E-state index contributed by atoms with van der Waals surface area (Å²) in [6.45, 7) is 15.6. The summed E-state index contributed by atoms with van der Waals surface area (Å²) in [6.07, 6.45) is 4.10. The Labute approximate surface area is 162 Å². The van der Waals surface area contributed by atoms with Crippen LogP contribution in [-0.4, -0.2) is 34.8 Å². The third kappa shape index (κ3) is 9.32. The van der Waals surface area contributed by atoms with E-state index in [1.165, 1.54) is 11.3 Å². The average Bonchev–Trinajstić information content (AvgIpc) is 2.85. The molecule has 6 heteroatoms. The molecule has 148 valence electrons. The Morgan fingerprint density at radius 3 is 2.42 bits per heavy atom. The van der Waals surface area contributed by atoms with Gasteiger partial charge < -0.3 is 10.2 Å². The van der Waals surface area contributed by atoms with Crippen LogP contribution in [0, 0.1) is 24.2 Å². The summed E-state index contributed by atoms with van der Waals surface area (Å²) < 4.78 is 0. The zero-order valence-corrected chi connectivity index (χ0v) is 18.2. The van der Waals surface area contributed by atoms with Gasteiger partial charge in [0.1, 0.15) is 0 Å². The maximum atomic E-state index is 12.8. The van der Waals surface area contributed by atoms with Gasteiger partial charge in [-0.05, 0) is 37.0 Å². The quantitative estimate of drug-likeness (QED) is 0.673. The van der Waals surface area contributed by atoms with E-state index in [-0.39, 0.29) is 23.8 Å². The molecule has 0 saturated heterocycles. The zero-order chi connectivity index (χ0) is 19.9. The molecular formula is C20H35N3O2S. The molecule has 1 unspecified atom stereocenters. The maximum absolute atomic E-state index is 12.8. The number of thiazole rings is 1. The third-order valence-corrected chi connectivity index (χ3v) is 4.84. The molecule has 1 atom stereocenters. The van der Waals surface area contributed by atoms with Crippen molar-refractivity contribution in [1.82, 2.24) is 9.88 Å². The van der Waals surface area contributed by atoms with E-state index in [4.69, 9.17) is 0 Å². The summed E-state index contributed by atoms with van der Waals surface area (Å²) in [6, 6.07) is 0. The molecule has 0 radical (unpaired) electrons. The molecule has 2 amide bonds. The van der Waals surface area contributed by atoms with E-state index in [9.17, 15) is 9.59 Å². The van der Waals surface area contributed by atoms with Crippen LogP contribution in [0.15, 0.2) is 6.20 Å². The fraction of sp³-hybridized carbons (Fsp3) is 0.750. The first-order valence-corrected chi connectivity index (χ1v) is 10.3. The van der Waals surface area contributed by atoms with Crippen molar-refractivity contribution in [2.24, 2.45) is 17.3 Å². The van der Waals surface area contributed by atoms with Crippen molar-refractivity contribution in [3.8, 4) is 0 Å². The standard InChI is InChI=1S/C20H35N3O2S/c1-14(2)8-9-23(18(25)10-15(3)11-20(5,6)7)13-17(24)22-19-21-12-16(4)26-19/h12,14-15H,8-11,13H2,1-7H3,(H,21,22,24). The highest BCUT2D eigenvalue weighted by Gasteiger charge is 2.23. The van der Waals surface area contributed by atoms with Crippen LogP contribution in [0.4, 0.5) is 5.13 Å². The highest BCUT2D eigenvalue weighted by atomic mass is 32.1. The molecule has 0 spiro atoms. The fourth-order valence-corrected chi connectivity index (χ4v) is 3.68. The van der Waals surface area contributed by atoms with E-state index in [1.54, 1.807) is 11.1 Å². The Hall–Kier alpha value is -1.43. The summed E-state index contributed by atoms with van der Waals surface area (Å²) in [5, 5.41) is 3.39. The monoisotopic (exact) mass is 381 g/mol.